The predicted octanol–water partition coefficient (Wildman–Crippen LogP) is 5.81. The van der Waals surface area contributed by atoms with Crippen molar-refractivity contribution in [3.05, 3.63) is 111 Å². The summed E-state index contributed by atoms with van der Waals surface area (Å²) < 4.78 is 0.937. The number of hydrogen-bond acceptors (Lipinski definition) is 2. The Hall–Kier alpha value is -2.85. The van der Waals surface area contributed by atoms with Gasteiger partial charge in [0.05, 0.1) is 6.04 Å². The van der Waals surface area contributed by atoms with Gasteiger partial charge in [0.2, 0.25) is 0 Å². The van der Waals surface area contributed by atoms with Gasteiger partial charge in [0, 0.05) is 16.6 Å². The minimum Gasteiger partial charge on any atom is -0.503 e. The Bertz CT molecular complexity index is 1040. The maximum absolute atomic E-state index is 13.0. The first kappa shape index (κ1) is 18.5. The molecule has 4 rings (SSSR count). The van der Waals surface area contributed by atoms with E-state index in [2.05, 4.69) is 15.9 Å². The Morgan fingerprint density at radius 1 is 0.964 bits per heavy atom. The van der Waals surface area contributed by atoms with Crippen LogP contribution in [0.25, 0.3) is 5.57 Å². The van der Waals surface area contributed by atoms with Crippen molar-refractivity contribution < 1.29 is 9.90 Å². The van der Waals surface area contributed by atoms with E-state index in [4.69, 9.17) is 0 Å². The Morgan fingerprint density at radius 3 is 2.36 bits per heavy atom. The van der Waals surface area contributed by atoms with Crippen molar-refractivity contribution in [2.75, 3.05) is 0 Å². The molecule has 1 atom stereocenters. The zero-order valence-corrected chi connectivity index (χ0v) is 17.1. The molecule has 1 aliphatic rings. The van der Waals surface area contributed by atoms with Crippen LogP contribution >= 0.6 is 15.9 Å². The lowest BCUT2D eigenvalue weighted by Crippen LogP contribution is -2.29. The van der Waals surface area contributed by atoms with Gasteiger partial charge in [-0.3, -0.25) is 4.79 Å². The average Bonchev–Trinajstić information content (AvgIpc) is 2.94. The number of halogens is 1. The molecule has 1 unspecified atom stereocenters. The fourth-order valence-corrected chi connectivity index (χ4v) is 4.06. The van der Waals surface area contributed by atoms with Crippen molar-refractivity contribution in [1.29, 1.82) is 0 Å². The highest BCUT2D eigenvalue weighted by Gasteiger charge is 2.41. The predicted molar refractivity (Wildman–Crippen MR) is 115 cm³/mol. The number of aliphatic hydroxyl groups is 1. The largest absolute Gasteiger partial charge is 0.503 e. The highest BCUT2D eigenvalue weighted by atomic mass is 79.9. The lowest BCUT2D eigenvalue weighted by atomic mass is 9.93. The second-order valence-corrected chi connectivity index (χ2v) is 7.92. The fourth-order valence-electron chi connectivity index (χ4n) is 3.65. The van der Waals surface area contributed by atoms with Gasteiger partial charge in [0.1, 0.15) is 0 Å². The monoisotopic (exact) mass is 433 g/mol. The first-order valence-electron chi connectivity index (χ1n) is 9.15. The van der Waals surface area contributed by atoms with Gasteiger partial charge in [-0.15, -0.1) is 0 Å². The molecule has 0 radical (unpaired) electrons. The van der Waals surface area contributed by atoms with Gasteiger partial charge in [-0.25, -0.2) is 0 Å². The second kappa shape index (κ2) is 7.64. The number of carbonyl (C=O) groups is 1. The van der Waals surface area contributed by atoms with Gasteiger partial charge in [0.25, 0.3) is 5.91 Å². The number of aryl methyl sites for hydroxylation is 1. The maximum Gasteiger partial charge on any atom is 0.290 e. The number of hydrogen-bond donors (Lipinski definition) is 1. The molecule has 1 N–H and O–H groups in total. The van der Waals surface area contributed by atoms with Crippen LogP contribution in [0.3, 0.4) is 0 Å². The zero-order valence-electron chi connectivity index (χ0n) is 15.5. The van der Waals surface area contributed by atoms with E-state index in [0.29, 0.717) is 12.1 Å². The van der Waals surface area contributed by atoms with E-state index in [1.807, 2.05) is 85.8 Å². The summed E-state index contributed by atoms with van der Waals surface area (Å²) in [6.07, 6.45) is 0. The molecule has 0 saturated carbocycles. The normalized spacial score (nSPS) is 16.7. The Kier molecular flexibility index (Phi) is 5.05. The van der Waals surface area contributed by atoms with E-state index in [0.717, 1.165) is 26.7 Å². The van der Waals surface area contributed by atoms with Crippen molar-refractivity contribution in [2.45, 2.75) is 19.5 Å². The number of nitrogens with zero attached hydrogens (tertiary/aromatic N) is 1. The van der Waals surface area contributed by atoms with Crippen LogP contribution in [0.2, 0.25) is 0 Å². The van der Waals surface area contributed by atoms with Gasteiger partial charge in [-0.2, -0.15) is 0 Å². The number of aliphatic hydroxyl groups excluding tert-OH is 1. The van der Waals surface area contributed by atoms with E-state index < -0.39 is 0 Å². The first-order valence-corrected chi connectivity index (χ1v) is 9.94. The van der Waals surface area contributed by atoms with Gasteiger partial charge >= 0.3 is 0 Å². The van der Waals surface area contributed by atoms with Gasteiger partial charge < -0.3 is 10.0 Å². The third kappa shape index (κ3) is 3.48. The molecule has 0 spiro atoms. The molecule has 1 heterocycles. The summed E-state index contributed by atoms with van der Waals surface area (Å²) in [5, 5.41) is 10.8. The molecule has 0 aromatic heterocycles. The second-order valence-electron chi connectivity index (χ2n) is 7.00. The summed E-state index contributed by atoms with van der Waals surface area (Å²) in [6.45, 7) is 2.45. The maximum atomic E-state index is 13.0. The van der Waals surface area contributed by atoms with Crippen LogP contribution in [-0.2, 0) is 11.3 Å². The van der Waals surface area contributed by atoms with Crippen molar-refractivity contribution in [3.63, 3.8) is 0 Å². The fraction of sp³-hybridized carbons (Fsp3) is 0.125. The smallest absolute Gasteiger partial charge is 0.290 e. The Morgan fingerprint density at radius 2 is 1.68 bits per heavy atom. The third-order valence-corrected chi connectivity index (χ3v) is 5.52. The summed E-state index contributed by atoms with van der Waals surface area (Å²) in [5.74, 6) is -0.519. The van der Waals surface area contributed by atoms with Crippen LogP contribution in [0, 0.1) is 6.92 Å². The molecular formula is C24H20BrNO2. The molecule has 3 nitrogen and oxygen atoms in total. The third-order valence-electron chi connectivity index (χ3n) is 5.03. The minimum absolute atomic E-state index is 0.176. The molecule has 0 saturated heterocycles. The molecule has 140 valence electrons. The van der Waals surface area contributed by atoms with Crippen LogP contribution in [0.1, 0.15) is 28.3 Å². The van der Waals surface area contributed by atoms with Gasteiger partial charge in [-0.05, 0) is 35.7 Å². The van der Waals surface area contributed by atoms with E-state index in [1.54, 1.807) is 4.90 Å². The summed E-state index contributed by atoms with van der Waals surface area (Å²) in [4.78, 5) is 14.8. The zero-order chi connectivity index (χ0) is 19.7. The SMILES string of the molecule is Cc1ccc(C2=C(O)C(=O)N(Cc3ccccc3)C2c2cccc(Br)c2)cc1. The Labute approximate surface area is 173 Å². The summed E-state index contributed by atoms with van der Waals surface area (Å²) in [7, 11) is 0. The van der Waals surface area contributed by atoms with Crippen molar-refractivity contribution in [3.8, 4) is 0 Å². The van der Waals surface area contributed by atoms with E-state index in [-0.39, 0.29) is 17.7 Å². The van der Waals surface area contributed by atoms with Gasteiger partial charge in [-0.1, -0.05) is 88.2 Å². The molecule has 4 heteroatoms. The van der Waals surface area contributed by atoms with Crippen molar-refractivity contribution in [2.24, 2.45) is 0 Å². The lowest BCUT2D eigenvalue weighted by molar-refractivity contribution is -0.130. The number of benzene rings is 3. The molecule has 1 aliphatic heterocycles. The number of rotatable bonds is 4. The molecule has 1 amide bonds. The van der Waals surface area contributed by atoms with E-state index in [9.17, 15) is 9.90 Å². The van der Waals surface area contributed by atoms with Crippen LogP contribution < -0.4 is 0 Å². The van der Waals surface area contributed by atoms with Crippen molar-refractivity contribution in [1.82, 2.24) is 4.90 Å². The molecule has 0 fully saturated rings. The molecule has 3 aromatic carbocycles. The summed E-state index contributed by atoms with van der Waals surface area (Å²) >= 11 is 3.53. The highest BCUT2D eigenvalue weighted by Crippen LogP contribution is 2.44. The molecular weight excluding hydrogens is 414 g/mol. The average molecular weight is 434 g/mol. The van der Waals surface area contributed by atoms with Crippen molar-refractivity contribution >= 4 is 27.4 Å². The van der Waals surface area contributed by atoms with Crippen LogP contribution in [0.15, 0.2) is 89.1 Å². The highest BCUT2D eigenvalue weighted by molar-refractivity contribution is 9.10. The summed E-state index contributed by atoms with van der Waals surface area (Å²) in [5.41, 5.74) is 4.62. The Balaban J connectivity index is 1.83. The van der Waals surface area contributed by atoms with Crippen LogP contribution in [-0.4, -0.2) is 15.9 Å². The first-order chi connectivity index (χ1) is 13.5. The standard InChI is InChI=1S/C24H20BrNO2/c1-16-10-12-18(13-11-16)21-22(19-8-5-9-20(25)14-19)26(24(28)23(21)27)15-17-6-3-2-4-7-17/h2-14,22,27H,15H2,1H3. The summed E-state index contributed by atoms with van der Waals surface area (Å²) in [6, 6.07) is 25.3. The number of amides is 1. The molecule has 0 bridgehead atoms. The molecule has 28 heavy (non-hydrogen) atoms. The topological polar surface area (TPSA) is 40.5 Å². The minimum atomic E-state index is -0.354. The molecule has 0 aliphatic carbocycles. The number of carbonyl (C=O) groups excluding carboxylic acids is 1. The van der Waals surface area contributed by atoms with Gasteiger partial charge in [0.15, 0.2) is 5.76 Å². The molecule has 3 aromatic rings. The van der Waals surface area contributed by atoms with E-state index in [1.165, 1.54) is 0 Å². The van der Waals surface area contributed by atoms with Crippen LogP contribution in [0.5, 0.6) is 0 Å². The van der Waals surface area contributed by atoms with Crippen LogP contribution in [0.4, 0.5) is 0 Å². The lowest BCUT2D eigenvalue weighted by Gasteiger charge is -2.27. The quantitative estimate of drug-likeness (QED) is 0.563. The van der Waals surface area contributed by atoms with E-state index >= 15 is 0 Å².